The van der Waals surface area contributed by atoms with Gasteiger partial charge in [0.05, 0.1) is 0 Å². The fourth-order valence-electron chi connectivity index (χ4n) is 2.42. The predicted octanol–water partition coefficient (Wildman–Crippen LogP) is 1.60. The second-order valence-electron chi connectivity index (χ2n) is 4.82. The molecule has 0 saturated carbocycles. The summed E-state index contributed by atoms with van der Waals surface area (Å²) in [6, 6.07) is 2.91. The minimum Gasteiger partial charge on any atom is -0.358 e. The summed E-state index contributed by atoms with van der Waals surface area (Å²) in [4.78, 5) is 12.9. The zero-order valence-corrected chi connectivity index (χ0v) is 13.4. The quantitative estimate of drug-likeness (QED) is 0.917. The Kier molecular flexibility index (Phi) is 4.82. The normalized spacial score (nSPS) is 20.8. The van der Waals surface area contributed by atoms with Gasteiger partial charge in [-0.25, -0.2) is 8.42 Å². The van der Waals surface area contributed by atoms with E-state index in [4.69, 9.17) is 0 Å². The van der Waals surface area contributed by atoms with Crippen molar-refractivity contribution in [1.29, 1.82) is 0 Å². The largest absolute Gasteiger partial charge is 0.358 e. The molecule has 5 nitrogen and oxygen atoms in total. The molecule has 0 aromatic carbocycles. The molecule has 1 aromatic rings. The number of nitrogens with zero attached hydrogens (tertiary/aromatic N) is 1. The van der Waals surface area contributed by atoms with Crippen molar-refractivity contribution in [2.24, 2.45) is 0 Å². The maximum absolute atomic E-state index is 12.7. The molecule has 1 atom stereocenters. The molecule has 1 saturated heterocycles. The van der Waals surface area contributed by atoms with Crippen LogP contribution in [-0.2, 0) is 21.2 Å². The van der Waals surface area contributed by atoms with Gasteiger partial charge in [-0.2, -0.15) is 4.31 Å². The van der Waals surface area contributed by atoms with Gasteiger partial charge >= 0.3 is 0 Å². The summed E-state index contributed by atoms with van der Waals surface area (Å²) in [5, 5.41) is 2.56. The van der Waals surface area contributed by atoms with Crippen molar-refractivity contribution in [2.75, 3.05) is 13.6 Å². The number of sulfonamides is 1. The number of thiophene rings is 1. The van der Waals surface area contributed by atoms with Gasteiger partial charge in [0.2, 0.25) is 5.91 Å². The van der Waals surface area contributed by atoms with Crippen molar-refractivity contribution in [3.63, 3.8) is 0 Å². The van der Waals surface area contributed by atoms with Crippen LogP contribution in [0, 0.1) is 0 Å². The van der Waals surface area contributed by atoms with Crippen LogP contribution in [0.25, 0.3) is 0 Å². The highest BCUT2D eigenvalue weighted by atomic mass is 32.2. The number of hydrogen-bond acceptors (Lipinski definition) is 4. The van der Waals surface area contributed by atoms with E-state index >= 15 is 0 Å². The highest BCUT2D eigenvalue weighted by molar-refractivity contribution is 7.91. The Morgan fingerprint density at radius 2 is 2.20 bits per heavy atom. The van der Waals surface area contributed by atoms with Crippen LogP contribution in [0.15, 0.2) is 16.3 Å². The first-order valence-corrected chi connectivity index (χ1v) is 9.08. The summed E-state index contributed by atoms with van der Waals surface area (Å²) >= 11 is 1.29. The molecule has 1 N–H and O–H groups in total. The molecule has 0 aliphatic carbocycles. The van der Waals surface area contributed by atoms with Crippen LogP contribution in [0.5, 0.6) is 0 Å². The topological polar surface area (TPSA) is 66.5 Å². The molecule has 1 aliphatic rings. The summed E-state index contributed by atoms with van der Waals surface area (Å²) in [6.45, 7) is 2.41. The summed E-state index contributed by atoms with van der Waals surface area (Å²) in [5.41, 5.74) is 0. The molecule has 1 amide bonds. The predicted molar refractivity (Wildman–Crippen MR) is 79.3 cm³/mol. The molecule has 0 spiro atoms. The van der Waals surface area contributed by atoms with Crippen molar-refractivity contribution in [3.05, 3.63) is 17.0 Å². The smallest absolute Gasteiger partial charge is 0.253 e. The fraction of sp³-hybridized carbons (Fsp3) is 0.615. The Morgan fingerprint density at radius 1 is 1.45 bits per heavy atom. The van der Waals surface area contributed by atoms with Crippen LogP contribution in [-0.4, -0.2) is 38.3 Å². The van der Waals surface area contributed by atoms with Crippen LogP contribution < -0.4 is 5.32 Å². The van der Waals surface area contributed by atoms with E-state index in [0.717, 1.165) is 24.1 Å². The van der Waals surface area contributed by atoms with E-state index in [9.17, 15) is 13.2 Å². The van der Waals surface area contributed by atoms with Crippen LogP contribution in [0.4, 0.5) is 0 Å². The maximum Gasteiger partial charge on any atom is 0.253 e. The zero-order valence-electron chi connectivity index (χ0n) is 11.8. The minimum absolute atomic E-state index is 0.222. The van der Waals surface area contributed by atoms with Gasteiger partial charge < -0.3 is 5.32 Å². The van der Waals surface area contributed by atoms with Crippen molar-refractivity contribution in [2.45, 2.75) is 42.9 Å². The van der Waals surface area contributed by atoms with Crippen LogP contribution in [0.1, 0.15) is 31.1 Å². The SMILES string of the molecule is CCc1ccc(S(=O)(=O)N2CCCCC2C(=O)NC)s1. The molecule has 112 valence electrons. The molecule has 0 bridgehead atoms. The lowest BCUT2D eigenvalue weighted by Crippen LogP contribution is -2.50. The van der Waals surface area contributed by atoms with E-state index in [1.165, 1.54) is 15.6 Å². The minimum atomic E-state index is -3.56. The second kappa shape index (κ2) is 6.24. The third-order valence-corrected chi connectivity index (χ3v) is 7.16. The Labute approximate surface area is 124 Å². The number of aryl methyl sites for hydroxylation is 1. The van der Waals surface area contributed by atoms with Crippen molar-refractivity contribution in [3.8, 4) is 0 Å². The average Bonchev–Trinajstić information content (AvgIpc) is 2.96. The number of carbonyl (C=O) groups is 1. The Bertz CT molecular complexity index is 580. The molecular weight excluding hydrogens is 296 g/mol. The standard InChI is InChI=1S/C13H20N2O3S2/c1-3-10-7-8-12(19-10)20(17,18)15-9-5-4-6-11(15)13(16)14-2/h7-8,11H,3-6,9H2,1-2H3,(H,14,16). The van der Waals surface area contributed by atoms with E-state index in [1.807, 2.05) is 13.0 Å². The van der Waals surface area contributed by atoms with Crippen LogP contribution >= 0.6 is 11.3 Å². The summed E-state index contributed by atoms with van der Waals surface area (Å²) in [7, 11) is -2.02. The number of piperidine rings is 1. The molecule has 1 unspecified atom stereocenters. The van der Waals surface area contributed by atoms with Gasteiger partial charge in [0.15, 0.2) is 0 Å². The molecule has 2 rings (SSSR count). The fourth-order valence-corrected chi connectivity index (χ4v) is 5.51. The number of carbonyl (C=O) groups excluding carboxylic acids is 1. The lowest BCUT2D eigenvalue weighted by atomic mass is 10.0. The molecule has 1 fully saturated rings. The van der Waals surface area contributed by atoms with Gasteiger partial charge in [0.25, 0.3) is 10.0 Å². The molecule has 0 radical (unpaired) electrons. The van der Waals surface area contributed by atoms with E-state index in [-0.39, 0.29) is 5.91 Å². The highest BCUT2D eigenvalue weighted by Crippen LogP contribution is 2.30. The molecular formula is C13H20N2O3S2. The first-order valence-electron chi connectivity index (χ1n) is 6.83. The molecule has 20 heavy (non-hydrogen) atoms. The molecule has 7 heteroatoms. The van der Waals surface area contributed by atoms with Gasteiger partial charge in [-0.1, -0.05) is 13.3 Å². The zero-order chi connectivity index (χ0) is 14.8. The first-order chi connectivity index (χ1) is 9.50. The van der Waals surface area contributed by atoms with Crippen molar-refractivity contribution < 1.29 is 13.2 Å². The van der Waals surface area contributed by atoms with Gasteiger partial charge in [0.1, 0.15) is 10.3 Å². The number of hydrogen-bond donors (Lipinski definition) is 1. The summed E-state index contributed by atoms with van der Waals surface area (Å²) in [5.74, 6) is -0.222. The first kappa shape index (κ1) is 15.5. The van der Waals surface area contributed by atoms with Gasteiger partial charge in [-0.15, -0.1) is 11.3 Å². The van der Waals surface area contributed by atoms with Gasteiger partial charge in [-0.3, -0.25) is 4.79 Å². The van der Waals surface area contributed by atoms with E-state index < -0.39 is 16.1 Å². The van der Waals surface area contributed by atoms with Crippen LogP contribution in [0.3, 0.4) is 0 Å². The van der Waals surface area contributed by atoms with E-state index in [2.05, 4.69) is 5.32 Å². The van der Waals surface area contributed by atoms with E-state index in [0.29, 0.717) is 17.2 Å². The van der Waals surface area contributed by atoms with Crippen molar-refractivity contribution in [1.82, 2.24) is 9.62 Å². The highest BCUT2D eigenvalue weighted by Gasteiger charge is 2.37. The molecule has 1 aromatic heterocycles. The summed E-state index contributed by atoms with van der Waals surface area (Å²) < 4.78 is 27.1. The maximum atomic E-state index is 12.7. The number of nitrogens with one attached hydrogen (secondary N) is 1. The van der Waals surface area contributed by atoms with Gasteiger partial charge in [-0.05, 0) is 31.4 Å². The lowest BCUT2D eigenvalue weighted by Gasteiger charge is -2.32. The molecule has 2 heterocycles. The Hall–Kier alpha value is -0.920. The monoisotopic (exact) mass is 316 g/mol. The Morgan fingerprint density at radius 3 is 2.80 bits per heavy atom. The summed E-state index contributed by atoms with van der Waals surface area (Å²) in [6.07, 6.45) is 3.09. The van der Waals surface area contributed by atoms with E-state index in [1.54, 1.807) is 13.1 Å². The Balaban J connectivity index is 2.32. The molecule has 1 aliphatic heterocycles. The van der Waals surface area contributed by atoms with Crippen LogP contribution in [0.2, 0.25) is 0 Å². The second-order valence-corrected chi connectivity index (χ2v) is 8.10. The average molecular weight is 316 g/mol. The number of amides is 1. The number of rotatable bonds is 4. The third kappa shape index (κ3) is 2.89. The lowest BCUT2D eigenvalue weighted by molar-refractivity contribution is -0.125. The third-order valence-electron chi connectivity index (χ3n) is 3.55. The van der Waals surface area contributed by atoms with Gasteiger partial charge in [0, 0.05) is 18.5 Å². The van der Waals surface area contributed by atoms with Crippen molar-refractivity contribution >= 4 is 27.3 Å². The number of likely N-dealkylation sites (N-methyl/N-ethyl adjacent to an activating group) is 1.